The standard InChI is InChI=1S/C21H23N3O3S/c1-4-14-24-16(3)15(2)19(28(26,27)18-8-6-5-7-9-18)20(24)23-21(25)17-10-12-22-13-11-17/h5-13H,4,14H2,1-3H3,(H,23,25). The predicted molar refractivity (Wildman–Crippen MR) is 108 cm³/mol. The first-order valence-corrected chi connectivity index (χ1v) is 10.6. The maximum Gasteiger partial charge on any atom is 0.256 e. The minimum atomic E-state index is -3.80. The van der Waals surface area contributed by atoms with Crippen LogP contribution in [0, 0.1) is 13.8 Å². The molecule has 0 atom stereocenters. The molecule has 0 radical (unpaired) electrons. The Morgan fingerprint density at radius 2 is 1.71 bits per heavy atom. The number of pyridine rings is 1. The molecule has 0 bridgehead atoms. The topological polar surface area (TPSA) is 81.1 Å². The largest absolute Gasteiger partial charge is 0.331 e. The van der Waals surface area contributed by atoms with Crippen LogP contribution in [0.4, 0.5) is 5.82 Å². The zero-order valence-corrected chi connectivity index (χ0v) is 17.0. The summed E-state index contributed by atoms with van der Waals surface area (Å²) in [6.45, 7) is 6.26. The van der Waals surface area contributed by atoms with Gasteiger partial charge in [-0.1, -0.05) is 25.1 Å². The highest BCUT2D eigenvalue weighted by atomic mass is 32.2. The van der Waals surface area contributed by atoms with Gasteiger partial charge in [0.1, 0.15) is 10.7 Å². The molecule has 0 aliphatic heterocycles. The number of nitrogens with zero attached hydrogens (tertiary/aromatic N) is 2. The molecule has 7 heteroatoms. The molecule has 3 aromatic rings. The third-order valence-electron chi connectivity index (χ3n) is 4.72. The minimum Gasteiger partial charge on any atom is -0.331 e. The van der Waals surface area contributed by atoms with Crippen molar-refractivity contribution < 1.29 is 13.2 Å². The predicted octanol–water partition coefficient (Wildman–Crippen LogP) is 4.00. The van der Waals surface area contributed by atoms with Gasteiger partial charge < -0.3 is 9.88 Å². The lowest BCUT2D eigenvalue weighted by Gasteiger charge is -2.14. The highest BCUT2D eigenvalue weighted by Gasteiger charge is 2.30. The van der Waals surface area contributed by atoms with Crippen molar-refractivity contribution in [1.29, 1.82) is 0 Å². The molecular formula is C21H23N3O3S. The molecule has 28 heavy (non-hydrogen) atoms. The summed E-state index contributed by atoms with van der Waals surface area (Å²) in [6, 6.07) is 11.5. The van der Waals surface area contributed by atoms with Gasteiger partial charge in [0.15, 0.2) is 0 Å². The minimum absolute atomic E-state index is 0.145. The molecule has 1 amide bonds. The highest BCUT2D eigenvalue weighted by Crippen LogP contribution is 2.35. The molecule has 0 saturated carbocycles. The van der Waals surface area contributed by atoms with Crippen LogP contribution in [0.25, 0.3) is 0 Å². The molecule has 0 aliphatic carbocycles. The van der Waals surface area contributed by atoms with Gasteiger partial charge in [-0.3, -0.25) is 9.78 Å². The van der Waals surface area contributed by atoms with Crippen LogP contribution in [0.5, 0.6) is 0 Å². The maximum absolute atomic E-state index is 13.4. The number of nitrogens with one attached hydrogen (secondary N) is 1. The van der Waals surface area contributed by atoms with Crippen molar-refractivity contribution in [3.8, 4) is 0 Å². The van der Waals surface area contributed by atoms with E-state index in [1.54, 1.807) is 49.4 Å². The molecule has 1 N–H and O–H groups in total. The number of aromatic nitrogens is 2. The van der Waals surface area contributed by atoms with Crippen LogP contribution in [0.3, 0.4) is 0 Å². The second-order valence-electron chi connectivity index (χ2n) is 6.55. The van der Waals surface area contributed by atoms with Crippen molar-refractivity contribution in [3.63, 3.8) is 0 Å². The molecule has 2 heterocycles. The number of hydrogen-bond donors (Lipinski definition) is 1. The van der Waals surface area contributed by atoms with Gasteiger partial charge in [-0.2, -0.15) is 0 Å². The van der Waals surface area contributed by atoms with Gasteiger partial charge >= 0.3 is 0 Å². The van der Waals surface area contributed by atoms with Crippen molar-refractivity contribution in [2.24, 2.45) is 0 Å². The number of hydrogen-bond acceptors (Lipinski definition) is 4. The summed E-state index contributed by atoms with van der Waals surface area (Å²) < 4.78 is 28.6. The van der Waals surface area contributed by atoms with Crippen LogP contribution in [0.2, 0.25) is 0 Å². The van der Waals surface area contributed by atoms with E-state index in [1.807, 2.05) is 18.4 Å². The summed E-state index contributed by atoms with van der Waals surface area (Å²) in [5.74, 6) is -0.0655. The smallest absolute Gasteiger partial charge is 0.256 e. The monoisotopic (exact) mass is 397 g/mol. The number of carbonyl (C=O) groups is 1. The third kappa shape index (κ3) is 3.57. The van der Waals surface area contributed by atoms with Gasteiger partial charge in [0.05, 0.1) is 4.90 Å². The first-order valence-electron chi connectivity index (χ1n) is 9.09. The number of rotatable bonds is 6. The van der Waals surface area contributed by atoms with Gasteiger partial charge in [0, 0.05) is 30.2 Å². The first kappa shape index (κ1) is 19.8. The van der Waals surface area contributed by atoms with E-state index >= 15 is 0 Å². The summed E-state index contributed by atoms with van der Waals surface area (Å²) in [4.78, 5) is 17.0. The van der Waals surface area contributed by atoms with Crippen molar-refractivity contribution in [2.45, 2.75) is 43.5 Å². The van der Waals surface area contributed by atoms with E-state index in [0.29, 0.717) is 23.5 Å². The molecular weight excluding hydrogens is 374 g/mol. The van der Waals surface area contributed by atoms with E-state index in [1.165, 1.54) is 12.4 Å². The van der Waals surface area contributed by atoms with E-state index in [-0.39, 0.29) is 15.7 Å². The molecule has 0 spiro atoms. The van der Waals surface area contributed by atoms with Crippen molar-refractivity contribution in [3.05, 3.63) is 71.7 Å². The van der Waals surface area contributed by atoms with Gasteiger partial charge in [-0.15, -0.1) is 0 Å². The lowest BCUT2D eigenvalue weighted by molar-refractivity contribution is 0.102. The normalized spacial score (nSPS) is 11.4. The quantitative estimate of drug-likeness (QED) is 0.682. The van der Waals surface area contributed by atoms with Crippen LogP contribution in [-0.4, -0.2) is 23.9 Å². The molecule has 0 saturated heterocycles. The van der Waals surface area contributed by atoms with Crippen molar-refractivity contribution >= 4 is 21.6 Å². The van der Waals surface area contributed by atoms with E-state index in [2.05, 4.69) is 10.3 Å². The summed E-state index contributed by atoms with van der Waals surface area (Å²) in [5.41, 5.74) is 1.88. The number of anilines is 1. The number of benzene rings is 1. The molecule has 1 aromatic carbocycles. The Bertz CT molecular complexity index is 1090. The lowest BCUT2D eigenvalue weighted by Crippen LogP contribution is -2.18. The molecule has 0 aliphatic rings. The Kier molecular flexibility index (Phi) is 5.65. The van der Waals surface area contributed by atoms with E-state index in [0.717, 1.165) is 12.1 Å². The van der Waals surface area contributed by atoms with Gasteiger partial charge in [-0.05, 0) is 50.1 Å². The molecule has 6 nitrogen and oxygen atoms in total. The summed E-state index contributed by atoms with van der Waals surface area (Å²) >= 11 is 0. The Morgan fingerprint density at radius 3 is 2.32 bits per heavy atom. The fourth-order valence-electron chi connectivity index (χ4n) is 3.19. The van der Waals surface area contributed by atoms with Crippen LogP contribution in [-0.2, 0) is 16.4 Å². The number of carbonyl (C=O) groups excluding carboxylic acids is 1. The summed E-state index contributed by atoms with van der Waals surface area (Å²) in [6.07, 6.45) is 3.86. The fourth-order valence-corrected chi connectivity index (χ4v) is 4.91. The second kappa shape index (κ2) is 7.98. The third-order valence-corrected chi connectivity index (χ3v) is 6.65. The first-order chi connectivity index (χ1) is 13.4. The Balaban J connectivity index is 2.17. The van der Waals surface area contributed by atoms with Crippen LogP contribution >= 0.6 is 0 Å². The number of amides is 1. The zero-order chi connectivity index (χ0) is 20.3. The van der Waals surface area contributed by atoms with Crippen LogP contribution in [0.1, 0.15) is 35.0 Å². The van der Waals surface area contributed by atoms with Crippen LogP contribution in [0.15, 0.2) is 64.6 Å². The van der Waals surface area contributed by atoms with E-state index in [4.69, 9.17) is 0 Å². The molecule has 0 fully saturated rings. The van der Waals surface area contributed by atoms with Crippen LogP contribution < -0.4 is 5.32 Å². The van der Waals surface area contributed by atoms with Crippen molar-refractivity contribution in [2.75, 3.05) is 5.32 Å². The molecule has 2 aromatic heterocycles. The Morgan fingerprint density at radius 1 is 1.07 bits per heavy atom. The average molecular weight is 398 g/mol. The van der Waals surface area contributed by atoms with Gasteiger partial charge in [0.25, 0.3) is 5.91 Å². The average Bonchev–Trinajstić information content (AvgIpc) is 2.94. The van der Waals surface area contributed by atoms with Gasteiger partial charge in [0.2, 0.25) is 9.84 Å². The fraction of sp³-hybridized carbons (Fsp3) is 0.238. The molecule has 3 rings (SSSR count). The zero-order valence-electron chi connectivity index (χ0n) is 16.1. The highest BCUT2D eigenvalue weighted by molar-refractivity contribution is 7.91. The molecule has 0 unspecified atom stereocenters. The van der Waals surface area contributed by atoms with Crippen molar-refractivity contribution in [1.82, 2.24) is 9.55 Å². The number of sulfone groups is 1. The molecule has 146 valence electrons. The van der Waals surface area contributed by atoms with E-state index < -0.39 is 9.84 Å². The maximum atomic E-state index is 13.4. The van der Waals surface area contributed by atoms with Gasteiger partial charge in [-0.25, -0.2) is 8.42 Å². The lowest BCUT2D eigenvalue weighted by atomic mass is 10.2. The Hall–Kier alpha value is -2.93. The van der Waals surface area contributed by atoms with E-state index in [9.17, 15) is 13.2 Å². The summed E-state index contributed by atoms with van der Waals surface area (Å²) in [7, 11) is -3.80. The Labute approximate surface area is 165 Å². The SMILES string of the molecule is CCCn1c(C)c(C)c(S(=O)(=O)c2ccccc2)c1NC(=O)c1ccncc1. The second-order valence-corrected chi connectivity index (χ2v) is 8.43. The summed E-state index contributed by atoms with van der Waals surface area (Å²) in [5, 5.41) is 2.83.